The fourth-order valence-corrected chi connectivity index (χ4v) is 7.06. The van der Waals surface area contributed by atoms with Crippen LogP contribution in [0.3, 0.4) is 0 Å². The van der Waals surface area contributed by atoms with Crippen molar-refractivity contribution in [3.05, 3.63) is 143 Å². The molecule has 4 atom stereocenters. The number of nitrogens with one attached hydrogen (secondary N) is 2. The standard InChI is InChI=1S/2C21H27NO/c2*1-16(2)19-11-7-6-10-18(19)14-20(17-8-4-3-5-9-17)21-15-22-12-13-23-21/h2*3-11,16,20-22H,12-15H2,1-2H3/t2*20-,21-/m10/s1. The summed E-state index contributed by atoms with van der Waals surface area (Å²) in [5, 5.41) is 6.97. The summed E-state index contributed by atoms with van der Waals surface area (Å²) >= 11 is 0. The van der Waals surface area contributed by atoms with E-state index in [-0.39, 0.29) is 12.2 Å². The predicted octanol–water partition coefficient (Wildman–Crippen LogP) is 8.25. The predicted molar refractivity (Wildman–Crippen MR) is 192 cm³/mol. The van der Waals surface area contributed by atoms with Crippen molar-refractivity contribution < 1.29 is 9.47 Å². The zero-order valence-electron chi connectivity index (χ0n) is 28.3. The van der Waals surface area contributed by atoms with E-state index >= 15 is 0 Å². The van der Waals surface area contributed by atoms with Crippen molar-refractivity contribution in [1.82, 2.24) is 10.6 Å². The van der Waals surface area contributed by atoms with Gasteiger partial charge in [0.2, 0.25) is 0 Å². The van der Waals surface area contributed by atoms with Gasteiger partial charge in [-0.3, -0.25) is 0 Å². The molecule has 0 amide bonds. The highest BCUT2D eigenvalue weighted by Crippen LogP contribution is 2.32. The molecule has 4 aromatic carbocycles. The maximum absolute atomic E-state index is 6.10. The second kappa shape index (κ2) is 17.6. The summed E-state index contributed by atoms with van der Waals surface area (Å²) in [6.07, 6.45) is 2.55. The third-order valence-corrected chi connectivity index (χ3v) is 9.50. The average Bonchev–Trinajstić information content (AvgIpc) is 3.11. The van der Waals surface area contributed by atoms with Gasteiger partial charge in [0.1, 0.15) is 0 Å². The van der Waals surface area contributed by atoms with Crippen LogP contribution in [0.4, 0.5) is 0 Å². The lowest BCUT2D eigenvalue weighted by molar-refractivity contribution is 0.0109. The van der Waals surface area contributed by atoms with Gasteiger partial charge >= 0.3 is 0 Å². The highest BCUT2D eigenvalue weighted by molar-refractivity contribution is 5.34. The molecule has 0 spiro atoms. The first-order chi connectivity index (χ1) is 22.5. The first-order valence-electron chi connectivity index (χ1n) is 17.4. The number of morpholine rings is 2. The molecule has 2 saturated heterocycles. The molecule has 0 unspecified atom stereocenters. The molecule has 6 rings (SSSR count). The van der Waals surface area contributed by atoms with Crippen molar-refractivity contribution in [3.63, 3.8) is 0 Å². The summed E-state index contributed by atoms with van der Waals surface area (Å²) < 4.78 is 12.2. The van der Waals surface area contributed by atoms with E-state index in [1.807, 2.05) is 0 Å². The van der Waals surface area contributed by atoms with Crippen molar-refractivity contribution in [2.45, 2.75) is 76.4 Å². The van der Waals surface area contributed by atoms with E-state index in [4.69, 9.17) is 9.47 Å². The Morgan fingerprint density at radius 1 is 0.522 bits per heavy atom. The molecule has 4 aromatic rings. The lowest BCUT2D eigenvalue weighted by atomic mass is 9.84. The highest BCUT2D eigenvalue weighted by Gasteiger charge is 2.28. The first-order valence-corrected chi connectivity index (χ1v) is 17.4. The largest absolute Gasteiger partial charge is 0.375 e. The Kier molecular flexibility index (Phi) is 13.0. The lowest BCUT2D eigenvalue weighted by Crippen LogP contribution is -2.42. The SMILES string of the molecule is CC(C)c1ccccc1C[C@@H](c1ccccc1)[C@@H]1CNCCO1.CC(C)c1ccccc1C[C@H](c1ccccc1)[C@H]1CNCCO1. The topological polar surface area (TPSA) is 42.5 Å². The van der Waals surface area contributed by atoms with Crippen LogP contribution in [-0.2, 0) is 22.3 Å². The van der Waals surface area contributed by atoms with Gasteiger partial charge in [0.05, 0.1) is 25.4 Å². The van der Waals surface area contributed by atoms with Gasteiger partial charge in [-0.15, -0.1) is 0 Å². The summed E-state index contributed by atoms with van der Waals surface area (Å²) in [5.74, 6) is 1.88. The number of ether oxygens (including phenoxy) is 2. The Bertz CT molecular complexity index is 1320. The van der Waals surface area contributed by atoms with Crippen LogP contribution in [-0.4, -0.2) is 51.6 Å². The van der Waals surface area contributed by atoms with E-state index in [1.54, 1.807) is 0 Å². The summed E-state index contributed by atoms with van der Waals surface area (Å²) in [6.45, 7) is 14.5. The molecule has 2 aliphatic rings. The molecule has 46 heavy (non-hydrogen) atoms. The maximum atomic E-state index is 6.10. The monoisotopic (exact) mass is 618 g/mol. The fraction of sp³-hybridized carbons (Fsp3) is 0.429. The molecular formula is C42H54N2O2. The molecule has 2 fully saturated rings. The lowest BCUT2D eigenvalue weighted by Gasteiger charge is -2.32. The van der Waals surface area contributed by atoms with E-state index in [1.165, 1.54) is 33.4 Å². The molecule has 2 heterocycles. The molecule has 0 saturated carbocycles. The van der Waals surface area contributed by atoms with Crippen molar-refractivity contribution in [3.8, 4) is 0 Å². The van der Waals surface area contributed by atoms with Crippen molar-refractivity contribution in [2.75, 3.05) is 39.4 Å². The van der Waals surface area contributed by atoms with Gasteiger partial charge in [0.15, 0.2) is 0 Å². The van der Waals surface area contributed by atoms with E-state index < -0.39 is 0 Å². The molecule has 4 heteroatoms. The van der Waals surface area contributed by atoms with E-state index in [0.717, 1.165) is 52.2 Å². The van der Waals surface area contributed by atoms with Gasteiger partial charge < -0.3 is 20.1 Å². The average molecular weight is 619 g/mol. The van der Waals surface area contributed by atoms with Gasteiger partial charge in [0.25, 0.3) is 0 Å². The normalized spacial score (nSPS) is 19.7. The van der Waals surface area contributed by atoms with Crippen molar-refractivity contribution >= 4 is 0 Å². The van der Waals surface area contributed by atoms with Crippen molar-refractivity contribution in [2.24, 2.45) is 0 Å². The quantitative estimate of drug-likeness (QED) is 0.188. The zero-order valence-corrected chi connectivity index (χ0v) is 28.3. The van der Waals surface area contributed by atoms with Crippen LogP contribution >= 0.6 is 0 Å². The minimum Gasteiger partial charge on any atom is -0.375 e. The Balaban J connectivity index is 0.000000181. The third-order valence-electron chi connectivity index (χ3n) is 9.50. The highest BCUT2D eigenvalue weighted by atomic mass is 16.5. The molecule has 0 aliphatic carbocycles. The number of rotatable bonds is 10. The first kappa shape index (κ1) is 34.1. The minimum atomic E-state index is 0.242. The Morgan fingerprint density at radius 3 is 1.24 bits per heavy atom. The van der Waals surface area contributed by atoms with Crippen LogP contribution in [0.1, 0.15) is 84.7 Å². The summed E-state index contributed by atoms with van der Waals surface area (Å²) in [7, 11) is 0. The van der Waals surface area contributed by atoms with Gasteiger partial charge in [-0.2, -0.15) is 0 Å². The molecule has 2 N–H and O–H groups in total. The van der Waals surface area contributed by atoms with Gasteiger partial charge in [-0.1, -0.05) is 137 Å². The molecular weight excluding hydrogens is 564 g/mol. The van der Waals surface area contributed by atoms with Crippen LogP contribution in [0.15, 0.2) is 109 Å². The fourth-order valence-electron chi connectivity index (χ4n) is 7.06. The van der Waals surface area contributed by atoms with Gasteiger partial charge in [-0.05, 0) is 58.1 Å². The number of hydrogen-bond acceptors (Lipinski definition) is 4. The number of hydrogen-bond donors (Lipinski definition) is 2. The van der Waals surface area contributed by atoms with E-state index in [9.17, 15) is 0 Å². The molecule has 2 aliphatic heterocycles. The third kappa shape index (κ3) is 9.39. The summed E-state index contributed by atoms with van der Waals surface area (Å²) in [5.41, 5.74) is 8.56. The van der Waals surface area contributed by atoms with Crippen LogP contribution in [0, 0.1) is 0 Å². The van der Waals surface area contributed by atoms with E-state index in [0.29, 0.717) is 23.7 Å². The molecule has 0 bridgehead atoms. The molecule has 0 aromatic heterocycles. The van der Waals surface area contributed by atoms with Crippen LogP contribution in [0.25, 0.3) is 0 Å². The summed E-state index contributed by atoms with van der Waals surface area (Å²) in [4.78, 5) is 0. The summed E-state index contributed by atoms with van der Waals surface area (Å²) in [6, 6.07) is 39.3. The zero-order chi connectivity index (χ0) is 32.1. The molecule has 4 nitrogen and oxygen atoms in total. The number of benzene rings is 4. The van der Waals surface area contributed by atoms with Crippen LogP contribution in [0.5, 0.6) is 0 Å². The second-order valence-corrected chi connectivity index (χ2v) is 13.4. The Hall–Kier alpha value is -3.28. The minimum absolute atomic E-state index is 0.242. The second-order valence-electron chi connectivity index (χ2n) is 13.4. The Labute approximate surface area is 277 Å². The smallest absolute Gasteiger partial charge is 0.0771 e. The van der Waals surface area contributed by atoms with Crippen LogP contribution in [0.2, 0.25) is 0 Å². The Morgan fingerprint density at radius 2 is 0.891 bits per heavy atom. The van der Waals surface area contributed by atoms with Gasteiger partial charge in [-0.25, -0.2) is 0 Å². The van der Waals surface area contributed by atoms with Gasteiger partial charge in [0, 0.05) is 38.0 Å². The van der Waals surface area contributed by atoms with Crippen molar-refractivity contribution in [1.29, 1.82) is 0 Å². The van der Waals surface area contributed by atoms with E-state index in [2.05, 4.69) is 148 Å². The molecule has 244 valence electrons. The van der Waals surface area contributed by atoms with Crippen LogP contribution < -0.4 is 10.6 Å². The maximum Gasteiger partial charge on any atom is 0.0771 e. The molecule has 0 radical (unpaired) electrons.